The molecule has 1 aliphatic carbocycles. The fourth-order valence-corrected chi connectivity index (χ4v) is 4.93. The van der Waals surface area contributed by atoms with E-state index in [4.69, 9.17) is 4.74 Å². The van der Waals surface area contributed by atoms with Crippen LogP contribution in [0.1, 0.15) is 69.1 Å². The molecule has 0 aromatic heterocycles. The molecule has 1 nitrogen and oxygen atoms in total. The zero-order valence-corrected chi connectivity index (χ0v) is 22.1. The summed E-state index contributed by atoms with van der Waals surface area (Å²) in [6.07, 6.45) is 14.2. The van der Waals surface area contributed by atoms with Gasteiger partial charge in [0.15, 0.2) is 11.6 Å². The Balaban J connectivity index is 1.26. The molecule has 1 atom stereocenters. The predicted octanol–water partition coefficient (Wildman–Crippen LogP) is 9.75. The number of ether oxygens (including phenoxy) is 1. The SMILES string of the molecule is CCCOc1ccc(C2=CCC(C=CCCc3ccc(-c4ccc(CCC)cc4)cc3)CC2)c(F)c1F. The van der Waals surface area contributed by atoms with Gasteiger partial charge in [-0.1, -0.05) is 87.0 Å². The maximum atomic E-state index is 14.6. The molecule has 1 aliphatic rings. The summed E-state index contributed by atoms with van der Waals surface area (Å²) >= 11 is 0. The summed E-state index contributed by atoms with van der Waals surface area (Å²) in [7, 11) is 0. The van der Waals surface area contributed by atoms with Gasteiger partial charge in [-0.05, 0) is 90.8 Å². The van der Waals surface area contributed by atoms with Crippen molar-refractivity contribution in [2.75, 3.05) is 6.61 Å². The van der Waals surface area contributed by atoms with Crippen molar-refractivity contribution in [2.24, 2.45) is 5.92 Å². The van der Waals surface area contributed by atoms with Crippen molar-refractivity contribution in [1.29, 1.82) is 0 Å². The van der Waals surface area contributed by atoms with Crippen LogP contribution in [0.25, 0.3) is 16.7 Å². The molecule has 0 saturated carbocycles. The number of benzene rings is 3. The number of hydrogen-bond acceptors (Lipinski definition) is 1. The predicted molar refractivity (Wildman–Crippen MR) is 151 cm³/mol. The molecule has 0 bridgehead atoms. The van der Waals surface area contributed by atoms with Gasteiger partial charge in [-0.3, -0.25) is 0 Å². The minimum absolute atomic E-state index is 0.00368. The lowest BCUT2D eigenvalue weighted by molar-refractivity contribution is 0.295. The van der Waals surface area contributed by atoms with Gasteiger partial charge < -0.3 is 4.74 Å². The summed E-state index contributed by atoms with van der Waals surface area (Å²) in [5.41, 5.74) is 6.51. The summed E-state index contributed by atoms with van der Waals surface area (Å²) in [4.78, 5) is 0. The van der Waals surface area contributed by atoms with Crippen LogP contribution in [0.4, 0.5) is 8.78 Å². The van der Waals surface area contributed by atoms with Crippen molar-refractivity contribution < 1.29 is 13.5 Å². The lowest BCUT2D eigenvalue weighted by Crippen LogP contribution is -2.06. The van der Waals surface area contributed by atoms with Gasteiger partial charge in [0, 0.05) is 5.56 Å². The first-order chi connectivity index (χ1) is 18.1. The average Bonchev–Trinajstić information content (AvgIpc) is 2.93. The molecule has 0 amide bonds. The van der Waals surface area contributed by atoms with Gasteiger partial charge >= 0.3 is 0 Å². The minimum atomic E-state index is -0.883. The minimum Gasteiger partial charge on any atom is -0.490 e. The van der Waals surface area contributed by atoms with Gasteiger partial charge in [0.25, 0.3) is 0 Å². The molecule has 194 valence electrons. The van der Waals surface area contributed by atoms with Gasteiger partial charge in [-0.15, -0.1) is 0 Å². The first kappa shape index (κ1) is 26.9. The molecule has 4 rings (SSSR count). The number of hydrogen-bond donors (Lipinski definition) is 0. The highest BCUT2D eigenvalue weighted by Crippen LogP contribution is 2.35. The first-order valence-corrected chi connectivity index (χ1v) is 13.7. The highest BCUT2D eigenvalue weighted by atomic mass is 19.2. The number of allylic oxidation sites excluding steroid dienone is 4. The molecule has 0 saturated heterocycles. The Morgan fingerprint density at radius 2 is 1.49 bits per heavy atom. The summed E-state index contributed by atoms with van der Waals surface area (Å²) in [6.45, 7) is 4.53. The molecule has 3 heteroatoms. The fraction of sp³-hybridized carbons (Fsp3) is 0.353. The Kier molecular flexibility index (Phi) is 9.71. The molecule has 3 aromatic carbocycles. The molecule has 0 spiro atoms. The highest BCUT2D eigenvalue weighted by molar-refractivity contribution is 5.67. The van der Waals surface area contributed by atoms with Crippen molar-refractivity contribution in [2.45, 2.75) is 65.2 Å². The zero-order chi connectivity index (χ0) is 26.0. The van der Waals surface area contributed by atoms with E-state index in [0.717, 1.165) is 50.5 Å². The van der Waals surface area contributed by atoms with Crippen LogP contribution < -0.4 is 4.74 Å². The summed E-state index contributed by atoms with van der Waals surface area (Å²) in [5.74, 6) is -1.24. The lowest BCUT2D eigenvalue weighted by Gasteiger charge is -2.20. The van der Waals surface area contributed by atoms with Gasteiger partial charge in [0.05, 0.1) is 6.61 Å². The van der Waals surface area contributed by atoms with Crippen LogP contribution >= 0.6 is 0 Å². The quantitative estimate of drug-likeness (QED) is 0.238. The average molecular weight is 501 g/mol. The van der Waals surface area contributed by atoms with E-state index in [1.54, 1.807) is 12.1 Å². The van der Waals surface area contributed by atoms with Gasteiger partial charge in [-0.25, -0.2) is 4.39 Å². The van der Waals surface area contributed by atoms with Gasteiger partial charge in [0.1, 0.15) is 0 Å². The van der Waals surface area contributed by atoms with E-state index in [-0.39, 0.29) is 5.75 Å². The Bertz CT molecular complexity index is 1210. The van der Waals surface area contributed by atoms with E-state index in [9.17, 15) is 8.78 Å². The molecule has 0 N–H and O–H groups in total. The first-order valence-electron chi connectivity index (χ1n) is 13.7. The molecular formula is C34H38F2O. The molecule has 0 heterocycles. The van der Waals surface area contributed by atoms with E-state index < -0.39 is 11.6 Å². The standard InChI is InChI=1S/C34H38F2O/c1-3-7-25-10-16-28(17-11-25)29-18-12-26(13-19-29)8-5-6-9-27-14-20-30(21-15-27)31-22-23-32(37-24-4-2)34(36)33(31)35/h6,9-13,16-20,22-23,27H,3-5,7-8,14-15,21,24H2,1-2H3. The second-order valence-electron chi connectivity index (χ2n) is 9.96. The Morgan fingerprint density at radius 3 is 2.08 bits per heavy atom. The third kappa shape index (κ3) is 7.19. The molecule has 37 heavy (non-hydrogen) atoms. The van der Waals surface area contributed by atoms with Crippen molar-refractivity contribution >= 4 is 5.57 Å². The molecule has 0 aliphatic heterocycles. The normalized spacial score (nSPS) is 15.7. The fourth-order valence-electron chi connectivity index (χ4n) is 4.93. The van der Waals surface area contributed by atoms with Crippen LogP contribution in [0, 0.1) is 17.6 Å². The second-order valence-corrected chi connectivity index (χ2v) is 9.96. The van der Waals surface area contributed by atoms with Gasteiger partial charge in [0.2, 0.25) is 5.82 Å². The number of rotatable bonds is 11. The Morgan fingerprint density at radius 1 is 0.811 bits per heavy atom. The lowest BCUT2D eigenvalue weighted by atomic mass is 9.86. The molecule has 0 radical (unpaired) electrons. The van der Waals surface area contributed by atoms with E-state index in [1.807, 2.05) is 6.92 Å². The van der Waals surface area contributed by atoms with Crippen LogP contribution in [0.2, 0.25) is 0 Å². The maximum absolute atomic E-state index is 14.6. The number of halogens is 2. The Hall–Kier alpha value is -3.20. The highest BCUT2D eigenvalue weighted by Gasteiger charge is 2.20. The van der Waals surface area contributed by atoms with E-state index in [2.05, 4.69) is 73.7 Å². The van der Waals surface area contributed by atoms with Crippen LogP contribution in [0.3, 0.4) is 0 Å². The zero-order valence-electron chi connectivity index (χ0n) is 22.1. The van der Waals surface area contributed by atoms with Crippen molar-refractivity contribution in [3.8, 4) is 16.9 Å². The molecule has 0 fully saturated rings. The van der Waals surface area contributed by atoms with Crippen LogP contribution in [0.5, 0.6) is 5.75 Å². The van der Waals surface area contributed by atoms with Gasteiger partial charge in [-0.2, -0.15) is 4.39 Å². The smallest absolute Gasteiger partial charge is 0.201 e. The van der Waals surface area contributed by atoms with Crippen molar-refractivity contribution in [3.05, 3.63) is 107 Å². The van der Waals surface area contributed by atoms with Crippen LogP contribution in [-0.2, 0) is 12.8 Å². The van der Waals surface area contributed by atoms with Crippen molar-refractivity contribution in [3.63, 3.8) is 0 Å². The van der Waals surface area contributed by atoms with Crippen molar-refractivity contribution in [1.82, 2.24) is 0 Å². The second kappa shape index (κ2) is 13.4. The van der Waals surface area contributed by atoms with E-state index in [0.29, 0.717) is 18.1 Å². The third-order valence-corrected chi connectivity index (χ3v) is 7.09. The van der Waals surface area contributed by atoms with Crippen LogP contribution in [-0.4, -0.2) is 6.61 Å². The maximum Gasteiger partial charge on any atom is 0.201 e. The summed E-state index contributed by atoms with van der Waals surface area (Å²) in [6, 6.07) is 21.0. The molecular weight excluding hydrogens is 462 g/mol. The van der Waals surface area contributed by atoms with E-state index >= 15 is 0 Å². The molecule has 1 unspecified atom stereocenters. The topological polar surface area (TPSA) is 9.23 Å². The largest absolute Gasteiger partial charge is 0.490 e. The molecule has 3 aromatic rings. The Labute approximate surface area is 220 Å². The van der Waals surface area contributed by atoms with E-state index in [1.165, 1.54) is 28.7 Å². The monoisotopic (exact) mass is 500 g/mol. The third-order valence-electron chi connectivity index (χ3n) is 7.09. The number of aryl methyl sites for hydroxylation is 2. The summed E-state index contributed by atoms with van der Waals surface area (Å²) in [5, 5.41) is 0. The van der Waals surface area contributed by atoms with Crippen LogP contribution in [0.15, 0.2) is 78.9 Å². The summed E-state index contributed by atoms with van der Waals surface area (Å²) < 4.78 is 34.3.